The van der Waals surface area contributed by atoms with E-state index < -0.39 is 16.5 Å². The van der Waals surface area contributed by atoms with Crippen molar-refractivity contribution >= 4 is 16.5 Å². The molecular weight excluding hydrogens is 226 g/mol. The second kappa shape index (κ2) is 5.98. The fraction of sp³-hybridized carbons (Fsp3) is 0.692. The van der Waals surface area contributed by atoms with E-state index in [0.29, 0.717) is 6.04 Å². The summed E-state index contributed by atoms with van der Waals surface area (Å²) in [5.74, 6) is 0. The summed E-state index contributed by atoms with van der Waals surface area (Å²) in [6, 6.07) is 3.00. The first-order valence-electron chi connectivity index (χ1n) is 6.20. The van der Waals surface area contributed by atoms with Gasteiger partial charge in [0.05, 0.1) is 0 Å². The second-order valence-electron chi connectivity index (χ2n) is 6.07. The zero-order valence-corrected chi connectivity index (χ0v) is 14.0. The van der Waals surface area contributed by atoms with Gasteiger partial charge in [-0.15, -0.1) is 13.2 Å². The van der Waals surface area contributed by atoms with Gasteiger partial charge in [-0.3, -0.25) is 0 Å². The molecule has 16 heavy (non-hydrogen) atoms. The zero-order valence-electron chi connectivity index (χ0n) is 12.0. The molecule has 0 N–H and O–H groups in total. The minimum atomic E-state index is -1.34. The largest absolute Gasteiger partial charge is 0.343 e. The van der Waals surface area contributed by atoms with Crippen LogP contribution in [0.2, 0.25) is 38.3 Å². The summed E-state index contributed by atoms with van der Waals surface area (Å²) in [6.45, 7) is 22.4. The Balaban J connectivity index is 5.13. The fourth-order valence-corrected chi connectivity index (χ4v) is 14.8. The Hall–Kier alpha value is -0.126. The van der Waals surface area contributed by atoms with Crippen molar-refractivity contribution in [2.75, 3.05) is 0 Å². The van der Waals surface area contributed by atoms with Gasteiger partial charge in [0.25, 0.3) is 0 Å². The minimum Gasteiger partial charge on any atom is -0.343 e. The van der Waals surface area contributed by atoms with Crippen molar-refractivity contribution in [1.82, 2.24) is 4.23 Å². The molecule has 0 aromatic heterocycles. The maximum Gasteiger partial charge on any atom is 0.119 e. The normalized spacial score (nSPS) is 13.2. The van der Waals surface area contributed by atoms with Gasteiger partial charge in [-0.25, -0.2) is 0 Å². The zero-order chi connectivity index (χ0) is 13.0. The van der Waals surface area contributed by atoms with Gasteiger partial charge in [0.2, 0.25) is 0 Å². The van der Waals surface area contributed by atoms with E-state index in [-0.39, 0.29) is 0 Å². The Labute approximate surface area is 104 Å². The standard InChI is InChI=1S/C13H29NSi2/c1-9-11-15(5,6)14(13(3)4)16(7,8)12-10-2/h9-10,13H,1-2,11-12H2,3-8H3. The molecule has 0 saturated heterocycles. The van der Waals surface area contributed by atoms with Gasteiger partial charge >= 0.3 is 0 Å². The highest BCUT2D eigenvalue weighted by Crippen LogP contribution is 2.28. The third-order valence-electron chi connectivity index (χ3n) is 3.11. The van der Waals surface area contributed by atoms with Crippen LogP contribution in [0.25, 0.3) is 0 Å². The summed E-state index contributed by atoms with van der Waals surface area (Å²) < 4.78 is 2.85. The third kappa shape index (κ3) is 4.03. The number of nitrogens with zero attached hydrogens (tertiary/aromatic N) is 1. The summed E-state index contributed by atoms with van der Waals surface area (Å²) in [4.78, 5) is 0. The Morgan fingerprint density at radius 3 is 1.44 bits per heavy atom. The Bertz CT molecular complexity index is 222. The summed E-state index contributed by atoms with van der Waals surface area (Å²) in [7, 11) is -2.68. The summed E-state index contributed by atoms with van der Waals surface area (Å²) in [5, 5.41) is 0. The van der Waals surface area contributed by atoms with Crippen molar-refractivity contribution in [2.24, 2.45) is 0 Å². The number of rotatable bonds is 7. The van der Waals surface area contributed by atoms with E-state index >= 15 is 0 Å². The molecule has 0 unspecified atom stereocenters. The highest BCUT2D eigenvalue weighted by molar-refractivity contribution is 6.91. The summed E-state index contributed by atoms with van der Waals surface area (Å²) >= 11 is 0. The molecule has 0 aromatic rings. The van der Waals surface area contributed by atoms with Gasteiger partial charge in [0.1, 0.15) is 16.5 Å². The average Bonchev–Trinajstić information content (AvgIpc) is 1.99. The van der Waals surface area contributed by atoms with Gasteiger partial charge in [-0.05, 0) is 18.1 Å². The SMILES string of the molecule is C=CC[Si](C)(C)N(C(C)C)[Si](C)(C)CC=C. The molecule has 0 spiro atoms. The molecule has 0 bridgehead atoms. The van der Waals surface area contributed by atoms with E-state index in [4.69, 9.17) is 0 Å². The van der Waals surface area contributed by atoms with Crippen molar-refractivity contribution < 1.29 is 0 Å². The van der Waals surface area contributed by atoms with Crippen molar-refractivity contribution in [2.45, 2.75) is 58.2 Å². The van der Waals surface area contributed by atoms with Crippen LogP contribution in [-0.4, -0.2) is 26.7 Å². The molecule has 0 atom stereocenters. The lowest BCUT2D eigenvalue weighted by atomic mass is 10.4. The predicted molar refractivity (Wildman–Crippen MR) is 81.9 cm³/mol. The minimum absolute atomic E-state index is 0.642. The van der Waals surface area contributed by atoms with Gasteiger partial charge in [0.15, 0.2) is 0 Å². The average molecular weight is 256 g/mol. The maximum atomic E-state index is 3.92. The molecule has 0 aromatic carbocycles. The molecule has 0 aliphatic rings. The van der Waals surface area contributed by atoms with Crippen LogP contribution in [0.5, 0.6) is 0 Å². The lowest BCUT2D eigenvalue weighted by molar-refractivity contribution is 0.502. The molecule has 0 radical (unpaired) electrons. The molecule has 0 aliphatic carbocycles. The number of hydrogen-bond acceptors (Lipinski definition) is 1. The number of hydrogen-bond donors (Lipinski definition) is 0. The first-order valence-corrected chi connectivity index (χ1v) is 12.5. The van der Waals surface area contributed by atoms with Gasteiger partial charge in [-0.1, -0.05) is 52.2 Å². The molecule has 0 saturated carbocycles. The highest BCUT2D eigenvalue weighted by atomic mass is 28.4. The van der Waals surface area contributed by atoms with Crippen LogP contribution in [0, 0.1) is 0 Å². The van der Waals surface area contributed by atoms with Crippen LogP contribution < -0.4 is 0 Å². The molecule has 0 aliphatic heterocycles. The number of allylic oxidation sites excluding steroid dienone is 2. The molecule has 0 rings (SSSR count). The van der Waals surface area contributed by atoms with Crippen LogP contribution in [0.1, 0.15) is 13.8 Å². The Morgan fingerprint density at radius 2 is 1.25 bits per heavy atom. The van der Waals surface area contributed by atoms with E-state index in [1.807, 2.05) is 0 Å². The van der Waals surface area contributed by atoms with Crippen LogP contribution in [0.3, 0.4) is 0 Å². The molecule has 1 nitrogen and oxygen atoms in total. The van der Waals surface area contributed by atoms with E-state index in [9.17, 15) is 0 Å². The van der Waals surface area contributed by atoms with Crippen molar-refractivity contribution in [3.8, 4) is 0 Å². The molecule has 0 amide bonds. The first-order chi connectivity index (χ1) is 7.19. The predicted octanol–water partition coefficient (Wildman–Crippen LogP) is 4.48. The summed E-state index contributed by atoms with van der Waals surface area (Å²) in [5.41, 5.74) is 0. The fourth-order valence-electron chi connectivity index (χ4n) is 3.12. The second-order valence-corrected chi connectivity index (χ2v) is 15.6. The highest BCUT2D eigenvalue weighted by Gasteiger charge is 2.40. The van der Waals surface area contributed by atoms with Gasteiger partial charge in [-0.2, -0.15) is 0 Å². The first kappa shape index (κ1) is 15.9. The van der Waals surface area contributed by atoms with Crippen molar-refractivity contribution in [1.29, 1.82) is 0 Å². The van der Waals surface area contributed by atoms with Crippen LogP contribution in [0.4, 0.5) is 0 Å². The van der Waals surface area contributed by atoms with Crippen LogP contribution >= 0.6 is 0 Å². The topological polar surface area (TPSA) is 3.24 Å². The van der Waals surface area contributed by atoms with Crippen molar-refractivity contribution in [3.63, 3.8) is 0 Å². The van der Waals surface area contributed by atoms with E-state index in [1.165, 1.54) is 12.1 Å². The molecule has 94 valence electrons. The van der Waals surface area contributed by atoms with Crippen LogP contribution in [0.15, 0.2) is 25.3 Å². The maximum absolute atomic E-state index is 3.92. The monoisotopic (exact) mass is 255 g/mol. The smallest absolute Gasteiger partial charge is 0.119 e. The molecule has 0 heterocycles. The lowest BCUT2D eigenvalue weighted by Gasteiger charge is -2.49. The van der Waals surface area contributed by atoms with Crippen molar-refractivity contribution in [3.05, 3.63) is 25.3 Å². The van der Waals surface area contributed by atoms with E-state index in [0.717, 1.165) is 0 Å². The Morgan fingerprint density at radius 1 is 0.938 bits per heavy atom. The lowest BCUT2D eigenvalue weighted by Crippen LogP contribution is -2.64. The molecule has 0 fully saturated rings. The third-order valence-corrected chi connectivity index (χ3v) is 13.0. The quantitative estimate of drug-likeness (QED) is 0.479. The van der Waals surface area contributed by atoms with E-state index in [2.05, 4.69) is 69.6 Å². The summed E-state index contributed by atoms with van der Waals surface area (Å²) in [6.07, 6.45) is 4.19. The molecule has 3 heteroatoms. The Kier molecular flexibility index (Phi) is 5.94. The van der Waals surface area contributed by atoms with Crippen LogP contribution in [-0.2, 0) is 0 Å². The molecular formula is C13H29NSi2. The van der Waals surface area contributed by atoms with Gasteiger partial charge in [0, 0.05) is 0 Å². The van der Waals surface area contributed by atoms with E-state index in [1.54, 1.807) is 0 Å². The van der Waals surface area contributed by atoms with Gasteiger partial charge < -0.3 is 4.23 Å².